The number of rotatable bonds is 5. The molecular formula is C9H18N2O3. The van der Waals surface area contributed by atoms with Crippen molar-refractivity contribution >= 4 is 5.91 Å². The van der Waals surface area contributed by atoms with Gasteiger partial charge in [-0.05, 0) is 19.3 Å². The summed E-state index contributed by atoms with van der Waals surface area (Å²) in [5.41, 5.74) is 5.00. The van der Waals surface area contributed by atoms with Crippen LogP contribution in [0, 0.1) is 0 Å². The molecule has 1 fully saturated rings. The predicted molar refractivity (Wildman–Crippen MR) is 51.7 cm³/mol. The molecule has 0 spiro atoms. The van der Waals surface area contributed by atoms with Crippen molar-refractivity contribution in [3.05, 3.63) is 0 Å². The zero-order valence-corrected chi connectivity index (χ0v) is 8.29. The van der Waals surface area contributed by atoms with Crippen molar-refractivity contribution in [2.45, 2.75) is 24.8 Å². The van der Waals surface area contributed by atoms with Gasteiger partial charge in [-0.2, -0.15) is 0 Å². The quantitative estimate of drug-likeness (QED) is 0.499. The van der Waals surface area contributed by atoms with Gasteiger partial charge in [0.1, 0.15) is 5.54 Å². The van der Waals surface area contributed by atoms with Crippen LogP contribution in [0.25, 0.3) is 0 Å². The number of unbranched alkanes of at least 4 members (excludes halogenated alkanes) is 1. The third-order valence-corrected chi connectivity index (χ3v) is 2.37. The van der Waals surface area contributed by atoms with Gasteiger partial charge in [0.2, 0.25) is 5.91 Å². The van der Waals surface area contributed by atoms with E-state index in [9.17, 15) is 4.79 Å². The van der Waals surface area contributed by atoms with E-state index in [4.69, 9.17) is 15.6 Å². The molecule has 0 bridgehead atoms. The number of carbonyl (C=O) groups excluding carboxylic acids is 1. The lowest BCUT2D eigenvalue weighted by Gasteiger charge is -2.20. The molecule has 0 aromatic carbocycles. The van der Waals surface area contributed by atoms with Gasteiger partial charge in [-0.1, -0.05) is 0 Å². The van der Waals surface area contributed by atoms with E-state index in [2.05, 4.69) is 5.32 Å². The van der Waals surface area contributed by atoms with Gasteiger partial charge in [-0.15, -0.1) is 0 Å². The molecule has 1 rings (SSSR count). The molecule has 1 aliphatic heterocycles. The smallest absolute Gasteiger partial charge is 0.242 e. The Kier molecular flexibility index (Phi) is 4.31. The Labute approximate surface area is 83.6 Å². The van der Waals surface area contributed by atoms with Gasteiger partial charge in [0.25, 0.3) is 0 Å². The summed E-state index contributed by atoms with van der Waals surface area (Å²) < 4.78 is 5.08. The highest BCUT2D eigenvalue weighted by atomic mass is 16.5. The number of ether oxygens (including phenoxy) is 1. The first kappa shape index (κ1) is 11.4. The highest BCUT2D eigenvalue weighted by Gasteiger charge is 2.37. The van der Waals surface area contributed by atoms with Crippen LogP contribution in [0.1, 0.15) is 19.3 Å². The van der Waals surface area contributed by atoms with Crippen LogP contribution in [-0.4, -0.2) is 42.9 Å². The Balaban J connectivity index is 2.20. The number of hydrogen-bond acceptors (Lipinski definition) is 4. The van der Waals surface area contributed by atoms with E-state index in [-0.39, 0.29) is 12.5 Å². The molecule has 5 heteroatoms. The molecule has 82 valence electrons. The Hall–Kier alpha value is -0.650. The second-order valence-corrected chi connectivity index (χ2v) is 3.65. The summed E-state index contributed by atoms with van der Waals surface area (Å²) >= 11 is 0. The Morgan fingerprint density at radius 1 is 1.57 bits per heavy atom. The molecule has 0 radical (unpaired) electrons. The third kappa shape index (κ3) is 2.94. The Bertz CT molecular complexity index is 190. The lowest BCUT2D eigenvalue weighted by Crippen LogP contribution is -2.54. The minimum Gasteiger partial charge on any atom is -0.396 e. The highest BCUT2D eigenvalue weighted by Crippen LogP contribution is 2.15. The monoisotopic (exact) mass is 202 g/mol. The molecule has 1 unspecified atom stereocenters. The lowest BCUT2D eigenvalue weighted by molar-refractivity contribution is -0.126. The molecule has 0 aromatic rings. The zero-order chi connectivity index (χ0) is 10.4. The maximum Gasteiger partial charge on any atom is 0.242 e. The second-order valence-electron chi connectivity index (χ2n) is 3.65. The molecule has 4 N–H and O–H groups in total. The molecule has 1 saturated heterocycles. The molecular weight excluding hydrogens is 184 g/mol. The van der Waals surface area contributed by atoms with Crippen molar-refractivity contribution in [1.82, 2.24) is 5.32 Å². The first-order valence-corrected chi connectivity index (χ1v) is 4.95. The fraction of sp³-hybridized carbons (Fsp3) is 0.889. The van der Waals surface area contributed by atoms with E-state index in [1.165, 1.54) is 0 Å². The maximum absolute atomic E-state index is 11.6. The topological polar surface area (TPSA) is 84.6 Å². The van der Waals surface area contributed by atoms with E-state index in [1.807, 2.05) is 0 Å². The average molecular weight is 202 g/mol. The van der Waals surface area contributed by atoms with Crippen LogP contribution < -0.4 is 11.1 Å². The molecule has 14 heavy (non-hydrogen) atoms. The van der Waals surface area contributed by atoms with E-state index in [0.29, 0.717) is 32.6 Å². The SMILES string of the molecule is NC1(C(=O)NCCCCO)CCOC1. The summed E-state index contributed by atoms with van der Waals surface area (Å²) in [4.78, 5) is 11.6. The largest absolute Gasteiger partial charge is 0.396 e. The molecule has 1 aliphatic rings. The maximum atomic E-state index is 11.6. The van der Waals surface area contributed by atoms with Gasteiger partial charge < -0.3 is 20.9 Å². The minimum absolute atomic E-state index is 0.145. The average Bonchev–Trinajstić information content (AvgIpc) is 2.61. The molecule has 1 heterocycles. The highest BCUT2D eigenvalue weighted by molar-refractivity contribution is 5.86. The standard InChI is InChI=1S/C9H18N2O3/c10-9(3-6-14-7-9)8(13)11-4-1-2-5-12/h12H,1-7,10H2,(H,11,13). The number of aliphatic hydroxyl groups is 1. The van der Waals surface area contributed by atoms with Gasteiger partial charge in [0.15, 0.2) is 0 Å². The summed E-state index contributed by atoms with van der Waals surface area (Å²) in [6.07, 6.45) is 2.06. The lowest BCUT2D eigenvalue weighted by atomic mass is 9.99. The summed E-state index contributed by atoms with van der Waals surface area (Å²) in [5.74, 6) is -0.145. The van der Waals surface area contributed by atoms with Gasteiger partial charge in [0, 0.05) is 19.8 Å². The minimum atomic E-state index is -0.834. The first-order valence-electron chi connectivity index (χ1n) is 4.95. The molecule has 1 amide bonds. The Morgan fingerprint density at radius 3 is 2.93 bits per heavy atom. The number of hydrogen-bond donors (Lipinski definition) is 3. The summed E-state index contributed by atoms with van der Waals surface area (Å²) in [6, 6.07) is 0. The van der Waals surface area contributed by atoms with Crippen molar-refractivity contribution in [3.8, 4) is 0 Å². The van der Waals surface area contributed by atoms with E-state index < -0.39 is 5.54 Å². The number of carbonyl (C=O) groups is 1. The van der Waals surface area contributed by atoms with Gasteiger partial charge in [0.05, 0.1) is 6.61 Å². The van der Waals surface area contributed by atoms with Crippen molar-refractivity contribution < 1.29 is 14.6 Å². The van der Waals surface area contributed by atoms with Crippen LogP contribution in [0.3, 0.4) is 0 Å². The van der Waals surface area contributed by atoms with Crippen molar-refractivity contribution in [1.29, 1.82) is 0 Å². The molecule has 0 saturated carbocycles. The van der Waals surface area contributed by atoms with Crippen LogP contribution in [0.4, 0.5) is 0 Å². The van der Waals surface area contributed by atoms with Gasteiger partial charge in [-0.25, -0.2) is 0 Å². The molecule has 0 aromatic heterocycles. The van der Waals surface area contributed by atoms with Crippen LogP contribution in [-0.2, 0) is 9.53 Å². The van der Waals surface area contributed by atoms with Gasteiger partial charge >= 0.3 is 0 Å². The zero-order valence-electron chi connectivity index (χ0n) is 8.29. The number of amides is 1. The first-order chi connectivity index (χ1) is 6.69. The molecule has 1 atom stereocenters. The van der Waals surface area contributed by atoms with Gasteiger partial charge in [-0.3, -0.25) is 4.79 Å². The number of nitrogens with one attached hydrogen (secondary N) is 1. The normalized spacial score (nSPS) is 26.4. The van der Waals surface area contributed by atoms with Crippen molar-refractivity contribution in [3.63, 3.8) is 0 Å². The summed E-state index contributed by atoms with van der Waals surface area (Å²) in [5, 5.41) is 11.3. The number of nitrogens with two attached hydrogens (primary N) is 1. The fourth-order valence-corrected chi connectivity index (χ4v) is 1.37. The second kappa shape index (κ2) is 5.29. The van der Waals surface area contributed by atoms with E-state index >= 15 is 0 Å². The van der Waals surface area contributed by atoms with Crippen molar-refractivity contribution in [2.24, 2.45) is 5.73 Å². The number of aliphatic hydroxyl groups excluding tert-OH is 1. The summed E-state index contributed by atoms with van der Waals surface area (Å²) in [6.45, 7) is 1.59. The van der Waals surface area contributed by atoms with E-state index in [1.54, 1.807) is 0 Å². The van der Waals surface area contributed by atoms with E-state index in [0.717, 1.165) is 6.42 Å². The fourth-order valence-electron chi connectivity index (χ4n) is 1.37. The van der Waals surface area contributed by atoms with Crippen LogP contribution in [0.2, 0.25) is 0 Å². The van der Waals surface area contributed by atoms with Crippen LogP contribution >= 0.6 is 0 Å². The van der Waals surface area contributed by atoms with Crippen LogP contribution in [0.15, 0.2) is 0 Å². The molecule has 5 nitrogen and oxygen atoms in total. The summed E-state index contributed by atoms with van der Waals surface area (Å²) in [7, 11) is 0. The Morgan fingerprint density at radius 2 is 2.36 bits per heavy atom. The third-order valence-electron chi connectivity index (χ3n) is 2.37. The van der Waals surface area contributed by atoms with Crippen molar-refractivity contribution in [2.75, 3.05) is 26.4 Å². The predicted octanol–water partition coefficient (Wildman–Crippen LogP) is -1.01. The van der Waals surface area contributed by atoms with Crippen LogP contribution in [0.5, 0.6) is 0 Å². The molecule has 0 aliphatic carbocycles.